The van der Waals surface area contributed by atoms with Crippen molar-refractivity contribution in [2.75, 3.05) is 17.8 Å². The van der Waals surface area contributed by atoms with Crippen molar-refractivity contribution in [1.29, 1.82) is 0 Å². The summed E-state index contributed by atoms with van der Waals surface area (Å²) in [6.07, 6.45) is 13.4. The fourth-order valence-corrected chi connectivity index (χ4v) is 10.2. The highest BCUT2D eigenvalue weighted by Gasteiger charge is 2.43. The van der Waals surface area contributed by atoms with Crippen LogP contribution in [0.25, 0.3) is 0 Å². The predicted octanol–water partition coefficient (Wildman–Crippen LogP) is 4.65. The van der Waals surface area contributed by atoms with Crippen LogP contribution in [0.5, 0.6) is 0 Å². The molecule has 142 valence electrons. The topological polar surface area (TPSA) is 64.0 Å². The van der Waals surface area contributed by atoms with Gasteiger partial charge in [-0.3, -0.25) is 8.42 Å². The zero-order chi connectivity index (χ0) is 17.6. The van der Waals surface area contributed by atoms with Crippen LogP contribution < -0.4 is 0 Å². The van der Waals surface area contributed by atoms with Crippen molar-refractivity contribution < 1.29 is 16.8 Å². The summed E-state index contributed by atoms with van der Waals surface area (Å²) in [7, 11) is -5.19. The molecule has 0 saturated heterocycles. The number of ketones is 1. The molecule has 0 aliphatic heterocycles. The Labute approximate surface area is 149 Å². The van der Waals surface area contributed by atoms with E-state index < -0.39 is 20.4 Å². The number of carbonyl (C=O) groups is 1. The van der Waals surface area contributed by atoms with Gasteiger partial charge < -0.3 is 0 Å². The molecule has 1 N–H and O–H groups in total. The molecule has 1 atom stereocenters. The van der Waals surface area contributed by atoms with Gasteiger partial charge in [0.1, 0.15) is 5.75 Å². The Morgan fingerprint density at radius 3 is 2.17 bits per heavy atom. The number of Topliss-reactive ketones (excluding diaryl/α,β-unsaturated/α-hetero) is 1. The van der Waals surface area contributed by atoms with Crippen LogP contribution in [-0.2, 0) is 14.9 Å². The summed E-state index contributed by atoms with van der Waals surface area (Å²) in [6.45, 7) is 1.99. The molecule has 0 amide bonds. The van der Waals surface area contributed by atoms with Crippen molar-refractivity contribution >= 4 is 26.2 Å². The van der Waals surface area contributed by atoms with E-state index in [1.807, 2.05) is 13.2 Å². The van der Waals surface area contributed by atoms with Crippen molar-refractivity contribution in [2.45, 2.75) is 82.8 Å². The van der Waals surface area contributed by atoms with Gasteiger partial charge in [0, 0.05) is 12.2 Å². The number of hydrogen-bond acceptors (Lipinski definition) is 3. The smallest absolute Gasteiger partial charge is 0.298 e. The van der Waals surface area contributed by atoms with Crippen LogP contribution in [0.2, 0.25) is 0 Å². The summed E-state index contributed by atoms with van der Waals surface area (Å²) >= 11 is 0. The maximum atomic E-state index is 12.8. The normalized spacial score (nSPS) is 24.6. The van der Waals surface area contributed by atoms with Crippen molar-refractivity contribution in [3.63, 3.8) is 0 Å². The van der Waals surface area contributed by atoms with E-state index in [-0.39, 0.29) is 17.5 Å². The Balaban J connectivity index is 2.12. The Kier molecular flexibility index (Phi) is 7.62. The van der Waals surface area contributed by atoms with Crippen molar-refractivity contribution in [3.8, 4) is 0 Å². The first-order valence-electron chi connectivity index (χ1n) is 9.61. The highest BCUT2D eigenvalue weighted by atomic mass is 32.3. The van der Waals surface area contributed by atoms with Crippen LogP contribution in [0.1, 0.15) is 77.6 Å². The molecule has 1 unspecified atom stereocenters. The second-order valence-corrected chi connectivity index (χ2v) is 13.0. The third kappa shape index (κ3) is 5.73. The third-order valence-electron chi connectivity index (χ3n) is 5.55. The average molecular weight is 380 g/mol. The van der Waals surface area contributed by atoms with E-state index in [1.54, 1.807) is 0 Å². The molecular weight excluding hydrogens is 344 g/mol. The molecule has 2 rings (SSSR count). The van der Waals surface area contributed by atoms with E-state index in [4.69, 9.17) is 0 Å². The number of hydrogen-bond donors (Lipinski definition) is 0. The van der Waals surface area contributed by atoms with Gasteiger partial charge in [0.2, 0.25) is 0 Å². The SMILES string of the molecule is CCCCS(=O)(=O)[OH+]S(C)(CC(=O)C1CCCC1)C1CCCCC1. The van der Waals surface area contributed by atoms with Crippen LogP contribution >= 0.6 is 10.3 Å². The van der Waals surface area contributed by atoms with Crippen LogP contribution in [0.3, 0.4) is 0 Å². The minimum atomic E-state index is -3.41. The summed E-state index contributed by atoms with van der Waals surface area (Å²) in [6, 6.07) is 0. The first-order chi connectivity index (χ1) is 11.4. The molecule has 2 saturated carbocycles. The largest absolute Gasteiger partial charge is 0.390 e. The van der Waals surface area contributed by atoms with Crippen LogP contribution in [0, 0.1) is 5.92 Å². The van der Waals surface area contributed by atoms with Crippen molar-refractivity contribution in [1.82, 2.24) is 0 Å². The van der Waals surface area contributed by atoms with E-state index in [9.17, 15) is 13.2 Å². The molecule has 0 aromatic heterocycles. The van der Waals surface area contributed by atoms with Gasteiger partial charge in [-0.1, -0.05) is 45.4 Å². The van der Waals surface area contributed by atoms with Crippen LogP contribution in [0.15, 0.2) is 0 Å². The Morgan fingerprint density at radius 1 is 1.00 bits per heavy atom. The van der Waals surface area contributed by atoms with Gasteiger partial charge in [-0.05, 0) is 42.4 Å². The van der Waals surface area contributed by atoms with Crippen molar-refractivity contribution in [2.24, 2.45) is 5.92 Å². The number of rotatable bonds is 9. The van der Waals surface area contributed by atoms with Crippen LogP contribution in [-0.4, -0.2) is 40.8 Å². The van der Waals surface area contributed by atoms with E-state index in [0.29, 0.717) is 17.4 Å². The lowest BCUT2D eigenvalue weighted by Crippen LogP contribution is -2.34. The van der Waals surface area contributed by atoms with Gasteiger partial charge >= 0.3 is 10.1 Å². The molecule has 2 fully saturated rings. The van der Waals surface area contributed by atoms with Gasteiger partial charge in [-0.2, -0.15) is 8.42 Å². The molecule has 6 heteroatoms. The molecule has 0 aromatic rings. The summed E-state index contributed by atoms with van der Waals surface area (Å²) in [5.41, 5.74) is 0. The molecule has 0 heterocycles. The second kappa shape index (κ2) is 9.04. The Morgan fingerprint density at radius 2 is 1.58 bits per heavy atom. The lowest BCUT2D eigenvalue weighted by Gasteiger charge is -2.39. The molecule has 0 spiro atoms. The molecular formula is C18H35O4S2+. The van der Waals surface area contributed by atoms with Gasteiger partial charge in [-0.25, -0.2) is 0 Å². The molecule has 0 radical (unpaired) electrons. The maximum Gasteiger partial charge on any atom is 0.390 e. The molecule has 4 nitrogen and oxygen atoms in total. The zero-order valence-electron chi connectivity index (χ0n) is 15.3. The fourth-order valence-electron chi connectivity index (χ4n) is 4.06. The number of unbranched alkanes of at least 4 members (excludes halogenated alkanes) is 1. The van der Waals surface area contributed by atoms with E-state index in [1.165, 1.54) is 6.42 Å². The monoisotopic (exact) mass is 379 g/mol. The summed E-state index contributed by atoms with van der Waals surface area (Å²) in [5.74, 6) is 0.975. The highest BCUT2D eigenvalue weighted by molar-refractivity contribution is 8.32. The summed E-state index contributed by atoms with van der Waals surface area (Å²) < 4.78 is 29.4. The molecule has 24 heavy (non-hydrogen) atoms. The maximum absolute atomic E-state index is 12.8. The Hall–Kier alpha value is -0.0700. The number of carbonyl (C=O) groups excluding carboxylic acids is 1. The van der Waals surface area contributed by atoms with Crippen molar-refractivity contribution in [3.05, 3.63) is 0 Å². The van der Waals surface area contributed by atoms with E-state index in [2.05, 4.69) is 3.63 Å². The van der Waals surface area contributed by atoms with Crippen LogP contribution in [0.4, 0.5) is 0 Å². The zero-order valence-corrected chi connectivity index (χ0v) is 17.0. The Bertz CT molecular complexity index is 505. The minimum absolute atomic E-state index is 0.135. The van der Waals surface area contributed by atoms with Gasteiger partial charge in [0.25, 0.3) is 0 Å². The molecule has 0 aromatic carbocycles. The average Bonchev–Trinajstić information content (AvgIpc) is 3.08. The lowest BCUT2D eigenvalue weighted by molar-refractivity contribution is -0.120. The minimum Gasteiger partial charge on any atom is -0.298 e. The summed E-state index contributed by atoms with van der Waals surface area (Å²) in [4.78, 5) is 12.8. The van der Waals surface area contributed by atoms with E-state index in [0.717, 1.165) is 57.8 Å². The first-order valence-corrected chi connectivity index (χ1v) is 13.4. The lowest BCUT2D eigenvalue weighted by atomic mass is 10.0. The quantitative estimate of drug-likeness (QED) is 0.432. The highest BCUT2D eigenvalue weighted by Crippen LogP contribution is 2.55. The van der Waals surface area contributed by atoms with Gasteiger partial charge in [0.05, 0.1) is 11.0 Å². The second-order valence-electron chi connectivity index (χ2n) is 7.67. The molecule has 2 aliphatic rings. The standard InChI is InChI=1S/C18H34O4S2/c1-3-4-14-24(20,21)22-23(2,17-12-6-5-7-13-17)15-18(19)16-10-8-9-11-16/h16-17H,3-15H2,1-2H3/p+1. The van der Waals surface area contributed by atoms with E-state index >= 15 is 0 Å². The van der Waals surface area contributed by atoms with Gasteiger partial charge in [-0.15, -0.1) is 0 Å². The molecule has 0 bridgehead atoms. The first kappa shape index (κ1) is 20.2. The fraction of sp³-hybridized carbons (Fsp3) is 0.944. The third-order valence-corrected chi connectivity index (χ3v) is 11.4. The predicted molar refractivity (Wildman–Crippen MR) is 104 cm³/mol. The van der Waals surface area contributed by atoms with Gasteiger partial charge in [0.15, 0.2) is 5.78 Å². The molecule has 2 aliphatic carbocycles. The summed E-state index contributed by atoms with van der Waals surface area (Å²) in [5, 5.41) is 0.313.